The van der Waals surface area contributed by atoms with Gasteiger partial charge in [0.25, 0.3) is 0 Å². The lowest BCUT2D eigenvalue weighted by molar-refractivity contribution is -0.137. The van der Waals surface area contributed by atoms with Crippen molar-refractivity contribution in [2.75, 3.05) is 0 Å². The van der Waals surface area contributed by atoms with Gasteiger partial charge in [-0.3, -0.25) is 0 Å². The van der Waals surface area contributed by atoms with Crippen LogP contribution >= 0.6 is 0 Å². The third-order valence-corrected chi connectivity index (χ3v) is 4.71. The molecular formula is C17H17F3N2O3. The van der Waals surface area contributed by atoms with E-state index in [1.807, 2.05) is 0 Å². The largest absolute Gasteiger partial charge is 0.478 e. The molecule has 1 aromatic carbocycles. The molecular weight excluding hydrogens is 337 g/mol. The van der Waals surface area contributed by atoms with Gasteiger partial charge in [0, 0.05) is 11.6 Å². The Labute approximate surface area is 142 Å². The number of allylic oxidation sites excluding steroid dienone is 1. The zero-order valence-corrected chi connectivity index (χ0v) is 13.8. The predicted octanol–water partition coefficient (Wildman–Crippen LogP) is 3.49. The standard InChI is InChI=1S/C17H17F3N2O3/c1-8-12(15(23)24)13(14-9(2)22-25-16(14,3)21-8)10-5-4-6-11(7-10)17(18,19)20/h4-7,13-14,21H,1-3H3,(H,23,24). The van der Waals surface area contributed by atoms with E-state index < -0.39 is 35.3 Å². The molecule has 0 saturated carbocycles. The van der Waals surface area contributed by atoms with Crippen LogP contribution < -0.4 is 5.32 Å². The highest BCUT2D eigenvalue weighted by atomic mass is 19.4. The predicted molar refractivity (Wildman–Crippen MR) is 83.7 cm³/mol. The van der Waals surface area contributed by atoms with Crippen molar-refractivity contribution in [3.05, 3.63) is 46.7 Å². The van der Waals surface area contributed by atoms with Gasteiger partial charge in [-0.25, -0.2) is 4.79 Å². The smallest absolute Gasteiger partial charge is 0.416 e. The normalized spacial score (nSPS) is 28.8. The van der Waals surface area contributed by atoms with Crippen LogP contribution in [0.4, 0.5) is 13.2 Å². The highest BCUT2D eigenvalue weighted by Gasteiger charge is 2.54. The van der Waals surface area contributed by atoms with E-state index in [1.54, 1.807) is 20.8 Å². The summed E-state index contributed by atoms with van der Waals surface area (Å²) in [5.41, 5.74) is -0.666. The summed E-state index contributed by atoms with van der Waals surface area (Å²) >= 11 is 0. The van der Waals surface area contributed by atoms with Crippen molar-refractivity contribution in [1.29, 1.82) is 0 Å². The van der Waals surface area contributed by atoms with Crippen LogP contribution in [0.3, 0.4) is 0 Å². The average Bonchev–Trinajstić information content (AvgIpc) is 2.79. The van der Waals surface area contributed by atoms with E-state index in [4.69, 9.17) is 4.84 Å². The SMILES string of the molecule is CC1=NOC2(C)NC(C)=C(C(=O)O)C(c3cccc(C(F)(F)F)c3)C12. The van der Waals surface area contributed by atoms with Gasteiger partial charge in [0.05, 0.1) is 22.8 Å². The lowest BCUT2D eigenvalue weighted by atomic mass is 9.70. The number of carboxylic acids is 1. The van der Waals surface area contributed by atoms with Gasteiger partial charge in [-0.1, -0.05) is 23.4 Å². The number of hydrogen-bond acceptors (Lipinski definition) is 4. The number of hydrogen-bond donors (Lipinski definition) is 2. The fraction of sp³-hybridized carbons (Fsp3) is 0.412. The quantitative estimate of drug-likeness (QED) is 0.853. The van der Waals surface area contributed by atoms with Crippen molar-refractivity contribution in [3.8, 4) is 0 Å². The summed E-state index contributed by atoms with van der Waals surface area (Å²) in [4.78, 5) is 17.3. The molecule has 134 valence electrons. The molecule has 8 heteroatoms. The van der Waals surface area contributed by atoms with Crippen molar-refractivity contribution in [1.82, 2.24) is 5.32 Å². The first-order valence-corrected chi connectivity index (χ1v) is 7.66. The van der Waals surface area contributed by atoms with E-state index >= 15 is 0 Å². The topological polar surface area (TPSA) is 70.9 Å². The highest BCUT2D eigenvalue weighted by Crippen LogP contribution is 2.47. The Hall–Kier alpha value is -2.51. The average molecular weight is 354 g/mol. The lowest BCUT2D eigenvalue weighted by Crippen LogP contribution is -2.55. The van der Waals surface area contributed by atoms with Crippen LogP contribution in [0.25, 0.3) is 0 Å². The minimum Gasteiger partial charge on any atom is -0.478 e. The number of aliphatic carboxylic acids is 1. The number of carbonyl (C=O) groups is 1. The fourth-order valence-corrected chi connectivity index (χ4v) is 3.74. The summed E-state index contributed by atoms with van der Waals surface area (Å²) < 4.78 is 39.3. The Bertz CT molecular complexity index is 801. The van der Waals surface area contributed by atoms with Crippen molar-refractivity contribution < 1.29 is 27.9 Å². The lowest BCUT2D eigenvalue weighted by Gasteiger charge is -2.41. The third kappa shape index (κ3) is 2.75. The summed E-state index contributed by atoms with van der Waals surface area (Å²) in [5.74, 6) is -2.53. The third-order valence-electron chi connectivity index (χ3n) is 4.71. The van der Waals surface area contributed by atoms with Crippen LogP contribution in [0, 0.1) is 5.92 Å². The summed E-state index contributed by atoms with van der Waals surface area (Å²) in [6.07, 6.45) is -4.51. The zero-order valence-electron chi connectivity index (χ0n) is 13.8. The van der Waals surface area contributed by atoms with Gasteiger partial charge >= 0.3 is 12.1 Å². The molecule has 3 unspecified atom stereocenters. The van der Waals surface area contributed by atoms with Gasteiger partial charge in [0.15, 0.2) is 0 Å². The number of nitrogens with zero attached hydrogens (tertiary/aromatic N) is 1. The molecule has 0 fully saturated rings. The van der Waals surface area contributed by atoms with Gasteiger partial charge in [-0.05, 0) is 32.4 Å². The van der Waals surface area contributed by atoms with Crippen molar-refractivity contribution in [2.45, 2.75) is 38.6 Å². The fourth-order valence-electron chi connectivity index (χ4n) is 3.74. The van der Waals surface area contributed by atoms with E-state index in [1.165, 1.54) is 12.1 Å². The van der Waals surface area contributed by atoms with Gasteiger partial charge in [-0.15, -0.1) is 0 Å². The Morgan fingerprint density at radius 1 is 1.36 bits per heavy atom. The molecule has 0 amide bonds. The van der Waals surface area contributed by atoms with Gasteiger partial charge in [0.2, 0.25) is 5.72 Å². The minimum atomic E-state index is -4.51. The van der Waals surface area contributed by atoms with Crippen LogP contribution in [0.15, 0.2) is 40.7 Å². The maximum atomic E-state index is 13.1. The Kier molecular flexibility index (Phi) is 3.81. The van der Waals surface area contributed by atoms with Gasteiger partial charge < -0.3 is 15.3 Å². The Morgan fingerprint density at radius 3 is 2.64 bits per heavy atom. The van der Waals surface area contributed by atoms with Gasteiger partial charge in [0.1, 0.15) is 0 Å². The second-order valence-electron chi connectivity index (χ2n) is 6.48. The second kappa shape index (κ2) is 5.50. The molecule has 5 nitrogen and oxygen atoms in total. The number of alkyl halides is 3. The molecule has 0 saturated heterocycles. The molecule has 2 heterocycles. The summed E-state index contributed by atoms with van der Waals surface area (Å²) in [7, 11) is 0. The van der Waals surface area contributed by atoms with Crippen molar-refractivity contribution in [3.63, 3.8) is 0 Å². The maximum absolute atomic E-state index is 13.1. The van der Waals surface area contributed by atoms with E-state index in [2.05, 4.69) is 10.5 Å². The first-order chi connectivity index (χ1) is 11.5. The van der Waals surface area contributed by atoms with Crippen molar-refractivity contribution in [2.24, 2.45) is 11.1 Å². The van der Waals surface area contributed by atoms with Crippen LogP contribution in [0.1, 0.15) is 37.8 Å². The Balaban J connectivity index is 2.21. The summed E-state index contributed by atoms with van der Waals surface area (Å²) in [5, 5.41) is 16.6. The number of halogens is 3. The van der Waals surface area contributed by atoms with Crippen LogP contribution in [0.5, 0.6) is 0 Å². The highest BCUT2D eigenvalue weighted by molar-refractivity contribution is 5.95. The van der Waals surface area contributed by atoms with E-state index in [0.717, 1.165) is 12.1 Å². The molecule has 0 radical (unpaired) electrons. The molecule has 3 rings (SSSR count). The summed E-state index contributed by atoms with van der Waals surface area (Å²) in [6, 6.07) is 4.76. The Morgan fingerprint density at radius 2 is 2.04 bits per heavy atom. The number of carboxylic acid groups (broad SMARTS) is 1. The van der Waals surface area contributed by atoms with Crippen LogP contribution in [-0.4, -0.2) is 22.5 Å². The first-order valence-electron chi connectivity index (χ1n) is 7.66. The number of fused-ring (bicyclic) bond motifs is 1. The minimum absolute atomic E-state index is 0.0156. The molecule has 0 aliphatic carbocycles. The number of oxime groups is 1. The number of rotatable bonds is 2. The molecule has 0 bridgehead atoms. The molecule has 25 heavy (non-hydrogen) atoms. The molecule has 2 N–H and O–H groups in total. The van der Waals surface area contributed by atoms with Crippen LogP contribution in [0.2, 0.25) is 0 Å². The molecule has 3 atom stereocenters. The maximum Gasteiger partial charge on any atom is 0.416 e. The van der Waals surface area contributed by atoms with Crippen LogP contribution in [-0.2, 0) is 15.8 Å². The monoisotopic (exact) mass is 354 g/mol. The molecule has 1 aromatic rings. The number of nitrogens with one attached hydrogen (secondary N) is 1. The van der Waals surface area contributed by atoms with E-state index in [-0.39, 0.29) is 11.1 Å². The molecule has 0 spiro atoms. The molecule has 2 aliphatic heterocycles. The van der Waals surface area contributed by atoms with Gasteiger partial charge in [-0.2, -0.15) is 13.2 Å². The molecule has 2 aliphatic rings. The zero-order chi connectivity index (χ0) is 18.6. The van der Waals surface area contributed by atoms with E-state index in [0.29, 0.717) is 11.4 Å². The van der Waals surface area contributed by atoms with E-state index in [9.17, 15) is 23.1 Å². The molecule has 0 aromatic heterocycles. The first kappa shape index (κ1) is 17.3. The van der Waals surface area contributed by atoms with Crippen molar-refractivity contribution >= 4 is 11.7 Å². The summed E-state index contributed by atoms with van der Waals surface area (Å²) in [6.45, 7) is 4.96. The number of benzene rings is 1. The second-order valence-corrected chi connectivity index (χ2v) is 6.48.